The van der Waals surface area contributed by atoms with Gasteiger partial charge < -0.3 is 0 Å². The average molecular weight is 292 g/mol. The molecule has 1 aromatic rings. The molecule has 0 N–H and O–H groups in total. The average Bonchev–Trinajstić information content (AvgIpc) is 2.39. The number of halogens is 3. The summed E-state index contributed by atoms with van der Waals surface area (Å²) in [7, 11) is -5.24. The van der Waals surface area contributed by atoms with Gasteiger partial charge in [-0.25, -0.2) is 8.42 Å². The molecular weight excluding hydrogens is 277 g/mol. The maximum absolute atomic E-state index is 12.5. The van der Waals surface area contributed by atoms with Crippen LogP contribution >= 0.6 is 0 Å². The SMILES string of the molecule is O=S(=O)(c1cccc(C2CCCCC2)c1)C(F)(F)F. The summed E-state index contributed by atoms with van der Waals surface area (Å²) in [5, 5.41) is 0. The van der Waals surface area contributed by atoms with Crippen molar-refractivity contribution in [2.75, 3.05) is 0 Å². The summed E-state index contributed by atoms with van der Waals surface area (Å²) in [6, 6.07) is 5.29. The molecule has 0 bridgehead atoms. The van der Waals surface area contributed by atoms with Crippen molar-refractivity contribution in [1.82, 2.24) is 0 Å². The van der Waals surface area contributed by atoms with E-state index in [0.29, 0.717) is 5.56 Å². The molecule has 2 nitrogen and oxygen atoms in total. The highest BCUT2D eigenvalue weighted by molar-refractivity contribution is 7.92. The molecule has 0 unspecified atom stereocenters. The van der Waals surface area contributed by atoms with Gasteiger partial charge in [-0.3, -0.25) is 0 Å². The van der Waals surface area contributed by atoms with Crippen LogP contribution in [0.4, 0.5) is 13.2 Å². The first kappa shape index (κ1) is 14.4. The van der Waals surface area contributed by atoms with Crippen molar-refractivity contribution in [3.8, 4) is 0 Å². The molecule has 1 aliphatic carbocycles. The Morgan fingerprint density at radius 3 is 2.26 bits per heavy atom. The molecule has 2 rings (SSSR count). The van der Waals surface area contributed by atoms with Crippen molar-refractivity contribution in [2.45, 2.75) is 48.4 Å². The first-order valence-electron chi connectivity index (χ1n) is 6.24. The minimum atomic E-state index is -5.24. The molecule has 0 saturated heterocycles. The van der Waals surface area contributed by atoms with Crippen LogP contribution in [-0.2, 0) is 9.84 Å². The maximum Gasteiger partial charge on any atom is 0.501 e. The smallest absolute Gasteiger partial charge is 0.214 e. The number of alkyl halides is 3. The van der Waals surface area contributed by atoms with Crippen LogP contribution in [0.1, 0.15) is 43.6 Å². The molecule has 1 aliphatic rings. The zero-order valence-electron chi connectivity index (χ0n) is 10.3. The summed E-state index contributed by atoms with van der Waals surface area (Å²) in [5.74, 6) is 0.178. The molecule has 0 radical (unpaired) electrons. The summed E-state index contributed by atoms with van der Waals surface area (Å²) < 4.78 is 60.2. The molecule has 106 valence electrons. The molecule has 0 spiro atoms. The highest BCUT2D eigenvalue weighted by Crippen LogP contribution is 2.35. The van der Waals surface area contributed by atoms with Gasteiger partial charge in [0.15, 0.2) is 0 Å². The lowest BCUT2D eigenvalue weighted by molar-refractivity contribution is -0.0436. The van der Waals surface area contributed by atoms with Gasteiger partial charge >= 0.3 is 5.51 Å². The fourth-order valence-electron chi connectivity index (χ4n) is 2.51. The van der Waals surface area contributed by atoms with E-state index in [4.69, 9.17) is 0 Å². The Hall–Kier alpha value is -1.04. The summed E-state index contributed by atoms with van der Waals surface area (Å²) in [6.07, 6.45) is 5.05. The van der Waals surface area contributed by atoms with Gasteiger partial charge in [-0.05, 0) is 36.5 Å². The summed E-state index contributed by atoms with van der Waals surface area (Å²) in [5.41, 5.74) is -4.54. The summed E-state index contributed by atoms with van der Waals surface area (Å²) in [4.78, 5) is -0.650. The molecule has 0 aliphatic heterocycles. The van der Waals surface area contributed by atoms with Gasteiger partial charge in [0, 0.05) is 0 Å². The Kier molecular flexibility index (Phi) is 3.90. The van der Waals surface area contributed by atoms with Gasteiger partial charge in [0.05, 0.1) is 4.90 Å². The van der Waals surface area contributed by atoms with Crippen LogP contribution in [0.2, 0.25) is 0 Å². The number of benzene rings is 1. The standard InChI is InChI=1S/C13H15F3O2S/c14-13(15,16)19(17,18)12-8-4-7-11(9-12)10-5-2-1-3-6-10/h4,7-10H,1-3,5-6H2. The molecule has 0 atom stereocenters. The Labute approximate surface area is 110 Å². The van der Waals surface area contributed by atoms with Crippen LogP contribution in [0, 0.1) is 0 Å². The molecule has 0 amide bonds. The predicted molar refractivity (Wildman–Crippen MR) is 65.5 cm³/mol. The van der Waals surface area contributed by atoms with Crippen molar-refractivity contribution < 1.29 is 21.6 Å². The fraction of sp³-hybridized carbons (Fsp3) is 0.538. The van der Waals surface area contributed by atoms with Gasteiger partial charge in [0.25, 0.3) is 9.84 Å². The van der Waals surface area contributed by atoms with Gasteiger partial charge in [-0.2, -0.15) is 13.2 Å². The predicted octanol–water partition coefficient (Wildman–Crippen LogP) is 4.03. The Bertz CT molecular complexity index is 543. The van der Waals surface area contributed by atoms with Crippen molar-refractivity contribution >= 4 is 9.84 Å². The van der Waals surface area contributed by atoms with Crippen LogP contribution in [0.25, 0.3) is 0 Å². The highest BCUT2D eigenvalue weighted by Gasteiger charge is 2.46. The van der Waals surface area contributed by atoms with E-state index in [1.54, 1.807) is 6.07 Å². The topological polar surface area (TPSA) is 34.1 Å². The third kappa shape index (κ3) is 2.94. The number of sulfone groups is 1. The molecule has 0 heterocycles. The Morgan fingerprint density at radius 1 is 1.05 bits per heavy atom. The molecule has 0 aromatic heterocycles. The third-order valence-electron chi connectivity index (χ3n) is 3.55. The highest BCUT2D eigenvalue weighted by atomic mass is 32.2. The van der Waals surface area contributed by atoms with E-state index in [2.05, 4.69) is 0 Å². The van der Waals surface area contributed by atoms with E-state index in [9.17, 15) is 21.6 Å². The lowest BCUT2D eigenvalue weighted by atomic mass is 9.84. The molecule has 1 saturated carbocycles. The zero-order valence-corrected chi connectivity index (χ0v) is 11.1. The number of rotatable bonds is 2. The van der Waals surface area contributed by atoms with Crippen LogP contribution < -0.4 is 0 Å². The van der Waals surface area contributed by atoms with Crippen molar-refractivity contribution in [2.24, 2.45) is 0 Å². The summed E-state index contributed by atoms with van der Waals surface area (Å²) in [6.45, 7) is 0. The van der Waals surface area contributed by atoms with Crippen LogP contribution in [-0.4, -0.2) is 13.9 Å². The van der Waals surface area contributed by atoms with E-state index < -0.39 is 20.2 Å². The van der Waals surface area contributed by atoms with E-state index in [-0.39, 0.29) is 5.92 Å². The first-order valence-corrected chi connectivity index (χ1v) is 7.72. The monoisotopic (exact) mass is 292 g/mol. The van der Waals surface area contributed by atoms with E-state index in [0.717, 1.165) is 38.2 Å². The van der Waals surface area contributed by atoms with Gasteiger partial charge in [0.1, 0.15) is 0 Å². The van der Waals surface area contributed by atoms with Crippen LogP contribution in [0.3, 0.4) is 0 Å². The van der Waals surface area contributed by atoms with Gasteiger partial charge in [-0.15, -0.1) is 0 Å². The third-order valence-corrected chi connectivity index (χ3v) is 5.03. The lowest BCUT2D eigenvalue weighted by Crippen LogP contribution is -2.23. The van der Waals surface area contributed by atoms with E-state index in [1.807, 2.05) is 0 Å². The minimum absolute atomic E-state index is 0.178. The van der Waals surface area contributed by atoms with Crippen LogP contribution in [0.15, 0.2) is 29.2 Å². The Morgan fingerprint density at radius 2 is 1.68 bits per heavy atom. The largest absolute Gasteiger partial charge is 0.501 e. The normalized spacial score (nSPS) is 18.5. The quantitative estimate of drug-likeness (QED) is 0.824. The number of hydrogen-bond donors (Lipinski definition) is 0. The second-order valence-electron chi connectivity index (χ2n) is 4.86. The molecule has 6 heteroatoms. The summed E-state index contributed by atoms with van der Waals surface area (Å²) >= 11 is 0. The van der Waals surface area contributed by atoms with Crippen molar-refractivity contribution in [3.05, 3.63) is 29.8 Å². The van der Waals surface area contributed by atoms with Crippen LogP contribution in [0.5, 0.6) is 0 Å². The van der Waals surface area contributed by atoms with E-state index >= 15 is 0 Å². The Balaban J connectivity index is 2.34. The molecular formula is C13H15F3O2S. The van der Waals surface area contributed by atoms with Crippen molar-refractivity contribution in [1.29, 1.82) is 0 Å². The van der Waals surface area contributed by atoms with Gasteiger partial charge in [0.2, 0.25) is 0 Å². The maximum atomic E-state index is 12.5. The van der Waals surface area contributed by atoms with E-state index in [1.165, 1.54) is 12.1 Å². The first-order chi connectivity index (χ1) is 8.82. The molecule has 19 heavy (non-hydrogen) atoms. The number of hydrogen-bond acceptors (Lipinski definition) is 2. The minimum Gasteiger partial charge on any atom is -0.214 e. The second kappa shape index (κ2) is 5.15. The molecule has 1 fully saturated rings. The zero-order chi connectivity index (χ0) is 14.1. The van der Waals surface area contributed by atoms with Crippen molar-refractivity contribution in [3.63, 3.8) is 0 Å². The lowest BCUT2D eigenvalue weighted by Gasteiger charge is -2.22. The molecule has 1 aromatic carbocycles. The second-order valence-corrected chi connectivity index (χ2v) is 6.80. The van der Waals surface area contributed by atoms with Gasteiger partial charge in [-0.1, -0.05) is 31.4 Å². The fourth-order valence-corrected chi connectivity index (χ4v) is 3.32.